The maximum atomic E-state index is 13.1. The summed E-state index contributed by atoms with van der Waals surface area (Å²) in [6.07, 6.45) is 1.40. The number of carbonyl (C=O) groups excluding carboxylic acids is 1. The quantitative estimate of drug-likeness (QED) is 0.310. The maximum absolute atomic E-state index is 13.1. The van der Waals surface area contributed by atoms with E-state index in [-0.39, 0.29) is 22.8 Å². The Bertz CT molecular complexity index is 1520. The lowest BCUT2D eigenvalue weighted by atomic mass is 10.0. The third kappa shape index (κ3) is 4.53. The van der Waals surface area contributed by atoms with Crippen LogP contribution >= 0.6 is 0 Å². The lowest BCUT2D eigenvalue weighted by Gasteiger charge is -2.20. The number of benzene rings is 3. The molecule has 1 heterocycles. The topological polar surface area (TPSA) is 95.4 Å². The summed E-state index contributed by atoms with van der Waals surface area (Å²) in [5.74, 6) is -0.474. The highest BCUT2D eigenvalue weighted by molar-refractivity contribution is 6.12. The van der Waals surface area contributed by atoms with Gasteiger partial charge in [0.15, 0.2) is 5.78 Å². The summed E-state index contributed by atoms with van der Waals surface area (Å²) in [5.41, 5.74) is 2.07. The van der Waals surface area contributed by atoms with Crippen LogP contribution in [-0.4, -0.2) is 21.7 Å². The molecule has 0 fully saturated rings. The second-order valence-corrected chi connectivity index (χ2v) is 8.08. The monoisotopic (exact) mass is 461 g/mol. The normalized spacial score (nSPS) is 11.8. The zero-order valence-corrected chi connectivity index (χ0v) is 19.3. The van der Waals surface area contributed by atoms with Crippen molar-refractivity contribution in [3.8, 4) is 11.9 Å². The number of aromatic nitrogens is 1. The molecule has 0 aliphatic heterocycles. The van der Waals surface area contributed by atoms with Gasteiger partial charge in [-0.05, 0) is 37.1 Å². The van der Waals surface area contributed by atoms with Crippen molar-refractivity contribution in [2.24, 2.45) is 4.99 Å². The number of nitriles is 1. The first-order valence-electron chi connectivity index (χ1n) is 11.1. The van der Waals surface area contributed by atoms with Crippen LogP contribution in [0.15, 0.2) is 94.7 Å². The molecule has 0 saturated carbocycles. The lowest BCUT2D eigenvalue weighted by molar-refractivity contribution is 0.103. The second kappa shape index (κ2) is 10.0. The third-order valence-electron chi connectivity index (χ3n) is 5.98. The van der Waals surface area contributed by atoms with Gasteiger partial charge in [0, 0.05) is 17.3 Å². The molecule has 0 spiro atoms. The molecule has 0 amide bonds. The minimum Gasteiger partial charge on any atom is -0.494 e. The Morgan fingerprint density at radius 1 is 1.00 bits per heavy atom. The average Bonchev–Trinajstić information content (AvgIpc) is 2.89. The molecule has 0 bridgehead atoms. The van der Waals surface area contributed by atoms with Gasteiger partial charge < -0.3 is 5.11 Å². The Morgan fingerprint density at radius 2 is 1.60 bits per heavy atom. The number of ketones is 1. The molecule has 1 unspecified atom stereocenters. The average molecular weight is 462 g/mol. The van der Waals surface area contributed by atoms with E-state index in [0.29, 0.717) is 22.4 Å². The largest absolute Gasteiger partial charge is 0.494 e. The van der Waals surface area contributed by atoms with Gasteiger partial charge in [0.05, 0.1) is 17.3 Å². The van der Waals surface area contributed by atoms with E-state index in [2.05, 4.69) is 4.99 Å². The van der Waals surface area contributed by atoms with Crippen LogP contribution in [0.1, 0.15) is 51.1 Å². The van der Waals surface area contributed by atoms with Gasteiger partial charge in [-0.3, -0.25) is 19.1 Å². The van der Waals surface area contributed by atoms with E-state index < -0.39 is 11.6 Å². The summed E-state index contributed by atoms with van der Waals surface area (Å²) in [7, 11) is 0. The number of carbonyl (C=O) groups is 1. The summed E-state index contributed by atoms with van der Waals surface area (Å²) >= 11 is 0. The molecule has 0 aliphatic rings. The molecular weight excluding hydrogens is 438 g/mol. The molecular formula is C29H23N3O3. The Balaban J connectivity index is 1.83. The zero-order valence-electron chi connectivity index (χ0n) is 19.3. The fraction of sp³-hybridized carbons (Fsp3) is 0.103. The highest BCUT2D eigenvalue weighted by atomic mass is 16.3. The number of pyridine rings is 1. The first kappa shape index (κ1) is 23.4. The van der Waals surface area contributed by atoms with Gasteiger partial charge >= 0.3 is 0 Å². The molecule has 4 rings (SSSR count). The molecule has 1 N–H and O–H groups in total. The zero-order chi connectivity index (χ0) is 24.9. The highest BCUT2D eigenvalue weighted by Gasteiger charge is 2.22. The Labute approximate surface area is 203 Å². The molecule has 0 saturated heterocycles. The molecule has 0 radical (unpaired) electrons. The summed E-state index contributed by atoms with van der Waals surface area (Å²) in [6.45, 7) is 3.38. The van der Waals surface area contributed by atoms with Crippen molar-refractivity contribution in [3.05, 3.63) is 129 Å². The number of aliphatic imine (C=N–C) groups is 1. The van der Waals surface area contributed by atoms with Crippen molar-refractivity contribution in [1.29, 1.82) is 5.26 Å². The van der Waals surface area contributed by atoms with Gasteiger partial charge in [-0.2, -0.15) is 5.26 Å². The third-order valence-corrected chi connectivity index (χ3v) is 5.98. The molecule has 35 heavy (non-hydrogen) atoms. The van der Waals surface area contributed by atoms with Crippen molar-refractivity contribution in [3.63, 3.8) is 0 Å². The Kier molecular flexibility index (Phi) is 6.70. The minimum atomic E-state index is -0.573. The van der Waals surface area contributed by atoms with Crippen molar-refractivity contribution in [1.82, 2.24) is 4.57 Å². The number of hydrogen-bond donors (Lipinski definition) is 1. The molecule has 3 aromatic carbocycles. The van der Waals surface area contributed by atoms with Crippen LogP contribution in [0.5, 0.6) is 5.88 Å². The summed E-state index contributed by atoms with van der Waals surface area (Å²) in [4.78, 5) is 30.6. The van der Waals surface area contributed by atoms with E-state index >= 15 is 0 Å². The Hall–Kier alpha value is -4.76. The number of aromatic hydroxyl groups is 1. The van der Waals surface area contributed by atoms with Crippen LogP contribution < -0.4 is 5.56 Å². The smallest absolute Gasteiger partial charge is 0.272 e. The van der Waals surface area contributed by atoms with Gasteiger partial charge in [0.1, 0.15) is 11.6 Å². The van der Waals surface area contributed by atoms with Crippen LogP contribution in [0, 0.1) is 18.3 Å². The second-order valence-electron chi connectivity index (χ2n) is 8.08. The predicted molar refractivity (Wildman–Crippen MR) is 136 cm³/mol. The first-order chi connectivity index (χ1) is 16.9. The van der Waals surface area contributed by atoms with Gasteiger partial charge in [-0.25, -0.2) is 0 Å². The van der Waals surface area contributed by atoms with E-state index in [0.717, 1.165) is 5.56 Å². The van der Waals surface area contributed by atoms with E-state index in [1.807, 2.05) is 42.5 Å². The van der Waals surface area contributed by atoms with Crippen LogP contribution in [0.25, 0.3) is 0 Å². The minimum absolute atomic E-state index is 0.0688. The molecule has 1 atom stereocenters. The van der Waals surface area contributed by atoms with E-state index in [1.165, 1.54) is 10.8 Å². The van der Waals surface area contributed by atoms with Crippen molar-refractivity contribution < 1.29 is 9.90 Å². The van der Waals surface area contributed by atoms with Crippen LogP contribution in [0.2, 0.25) is 0 Å². The highest BCUT2D eigenvalue weighted by Crippen LogP contribution is 2.28. The number of nitrogens with zero attached hydrogens (tertiary/aromatic N) is 3. The molecule has 6 nitrogen and oxygen atoms in total. The van der Waals surface area contributed by atoms with Gasteiger partial charge in [0.25, 0.3) is 5.56 Å². The predicted octanol–water partition coefficient (Wildman–Crippen LogP) is 5.32. The molecule has 4 aromatic rings. The van der Waals surface area contributed by atoms with Crippen molar-refractivity contribution >= 4 is 17.7 Å². The maximum Gasteiger partial charge on any atom is 0.272 e. The molecule has 6 heteroatoms. The van der Waals surface area contributed by atoms with Crippen LogP contribution in [0.3, 0.4) is 0 Å². The van der Waals surface area contributed by atoms with Gasteiger partial charge in [-0.1, -0.05) is 72.8 Å². The fourth-order valence-electron chi connectivity index (χ4n) is 3.99. The fourth-order valence-corrected chi connectivity index (χ4v) is 3.99. The number of para-hydroxylation sites is 1. The molecule has 172 valence electrons. The van der Waals surface area contributed by atoms with E-state index in [4.69, 9.17) is 0 Å². The first-order valence-corrected chi connectivity index (χ1v) is 11.1. The summed E-state index contributed by atoms with van der Waals surface area (Å²) in [5, 5.41) is 20.8. The lowest BCUT2D eigenvalue weighted by Crippen LogP contribution is -2.28. The molecule has 0 aliphatic carbocycles. The van der Waals surface area contributed by atoms with E-state index in [1.54, 1.807) is 62.4 Å². The van der Waals surface area contributed by atoms with Crippen LogP contribution in [-0.2, 0) is 0 Å². The summed E-state index contributed by atoms with van der Waals surface area (Å²) in [6, 6.07) is 26.5. The standard InChI is InChI=1S/C29H23N3O3/c1-19-24(17-30)28(34)32(20(2)21-11-5-3-6-12-21)29(35)25(19)18-31-26-16-10-9-15-23(26)27(33)22-13-7-4-8-14-22/h3-16,18,20,35H,1-2H3. The van der Waals surface area contributed by atoms with Crippen LogP contribution in [0.4, 0.5) is 5.69 Å². The van der Waals surface area contributed by atoms with Gasteiger partial charge in [-0.15, -0.1) is 0 Å². The molecule has 1 aromatic heterocycles. The summed E-state index contributed by atoms with van der Waals surface area (Å²) < 4.78 is 1.20. The van der Waals surface area contributed by atoms with Crippen molar-refractivity contribution in [2.45, 2.75) is 19.9 Å². The number of rotatable bonds is 6. The number of hydrogen-bond acceptors (Lipinski definition) is 5. The Morgan fingerprint density at radius 3 is 2.26 bits per heavy atom. The SMILES string of the molecule is Cc1c(C=Nc2ccccc2C(=O)c2ccccc2)c(O)n(C(C)c2ccccc2)c(=O)c1C#N. The van der Waals surface area contributed by atoms with Gasteiger partial charge in [0.2, 0.25) is 5.88 Å². The van der Waals surface area contributed by atoms with E-state index in [9.17, 15) is 20.0 Å². The van der Waals surface area contributed by atoms with Crippen molar-refractivity contribution in [2.75, 3.05) is 0 Å².